The second-order valence-electron chi connectivity index (χ2n) is 3.23. The lowest BCUT2D eigenvalue weighted by molar-refractivity contribution is -0.696. The molecule has 0 bridgehead atoms. The van der Waals surface area contributed by atoms with E-state index in [2.05, 4.69) is 55.4 Å². The van der Waals surface area contributed by atoms with Crippen molar-refractivity contribution >= 4 is 0 Å². The summed E-state index contributed by atoms with van der Waals surface area (Å²) in [6, 6.07) is 0. The maximum atomic E-state index is 3.38. The fourth-order valence-corrected chi connectivity index (χ4v) is 1.10. The van der Waals surface area contributed by atoms with Crippen LogP contribution < -0.4 is 17.0 Å². The molecule has 0 fully saturated rings. The minimum atomic E-state index is 0. The first-order valence-electron chi connectivity index (χ1n) is 5.00. The highest BCUT2D eigenvalue weighted by molar-refractivity contribution is 4.61. The first kappa shape index (κ1) is 14.6. The van der Waals surface area contributed by atoms with Crippen LogP contribution in [-0.4, -0.2) is 25.2 Å². The van der Waals surface area contributed by atoms with Crippen LogP contribution in [0, 0.1) is 0 Å². The zero-order valence-electron chi connectivity index (χ0n) is 9.54. The summed E-state index contributed by atoms with van der Waals surface area (Å²) in [5.74, 6) is 0. The summed E-state index contributed by atoms with van der Waals surface area (Å²) < 4.78 is 4.28. The molecule has 0 atom stereocenters. The second kappa shape index (κ2) is 8.84. The molecule has 0 aliphatic rings. The topological polar surface area (TPSA) is 63.3 Å². The molecule has 0 unspecified atom stereocenters. The minimum absolute atomic E-state index is 0. The molecule has 2 aromatic rings. The predicted molar refractivity (Wildman–Crippen MR) is 54.7 cm³/mol. The van der Waals surface area contributed by atoms with Crippen LogP contribution in [0.2, 0.25) is 0 Å². The highest BCUT2D eigenvalue weighted by Crippen LogP contribution is 1.85. The smallest absolute Gasteiger partial charge is 0.243 e. The normalized spacial score (nSPS) is 8.88. The van der Waals surface area contributed by atoms with E-state index in [4.69, 9.17) is 0 Å². The lowest BCUT2D eigenvalue weighted by Gasteiger charge is -1.90. The minimum Gasteiger partial charge on any atom is -1.00 e. The van der Waals surface area contributed by atoms with Gasteiger partial charge in [0.05, 0.1) is 13.6 Å². The quantitative estimate of drug-likeness (QED) is 0.599. The average molecular weight is 245 g/mol. The van der Waals surface area contributed by atoms with Crippen molar-refractivity contribution in [3.05, 3.63) is 25.0 Å². The van der Waals surface area contributed by atoms with Crippen LogP contribution in [0.25, 0.3) is 0 Å². The summed E-state index contributed by atoms with van der Waals surface area (Å²) in [7, 11) is 2.04. The number of unbranched alkanes of at least 4 members (excludes halogenated alkanes) is 1. The monoisotopic (exact) mass is 244 g/mol. The zero-order chi connectivity index (χ0) is 10.9. The van der Waals surface area contributed by atoms with E-state index in [9.17, 15) is 0 Å². The molecule has 90 valence electrons. The molecule has 0 amide bonds. The molecule has 2 heterocycles. The molecule has 1 N–H and O–H groups in total. The summed E-state index contributed by atoms with van der Waals surface area (Å²) in [6.07, 6.45) is 10.2. The first-order valence-corrected chi connectivity index (χ1v) is 5.00. The Labute approximate surface area is 101 Å². The van der Waals surface area contributed by atoms with E-state index < -0.39 is 0 Å². The number of aromatic nitrogens is 6. The van der Waals surface area contributed by atoms with Gasteiger partial charge in [0.25, 0.3) is 0 Å². The number of imidazole rings is 1. The van der Waals surface area contributed by atoms with Crippen LogP contribution in [0.3, 0.4) is 0 Å². The lowest BCUT2D eigenvalue weighted by atomic mass is 10.3. The molecular weight excluding hydrogens is 228 g/mol. The molecule has 2 rings (SSSR count). The Bertz CT molecular complexity index is 327. The number of tetrazole rings is 1. The van der Waals surface area contributed by atoms with Crippen LogP contribution in [0.15, 0.2) is 25.0 Å². The Balaban J connectivity index is 0.000000318. The lowest BCUT2D eigenvalue weighted by Crippen LogP contribution is -3.00. The number of aromatic amines is 1. The standard InChI is InChI=1S/C8H15N2.CH2N4.ClH/c1-3-4-5-10-7-6-9(2)8-10;1-2-4-5-3-1;/h6-8H,3-5H2,1-2H3;1H,(H,2,3,4,5);1H/q+1;;/p-1. The van der Waals surface area contributed by atoms with Crippen LogP contribution in [0.1, 0.15) is 19.8 Å². The highest BCUT2D eigenvalue weighted by atomic mass is 35.5. The third-order valence-electron chi connectivity index (χ3n) is 1.86. The number of hydrogen-bond donors (Lipinski definition) is 1. The van der Waals surface area contributed by atoms with Gasteiger partial charge in [-0.05, 0) is 6.42 Å². The van der Waals surface area contributed by atoms with Gasteiger partial charge in [-0.25, -0.2) is 9.13 Å². The van der Waals surface area contributed by atoms with Crippen molar-refractivity contribution in [2.24, 2.45) is 7.05 Å². The summed E-state index contributed by atoms with van der Waals surface area (Å²) in [6.45, 7) is 3.36. The fourth-order valence-electron chi connectivity index (χ4n) is 1.10. The number of nitrogens with one attached hydrogen (secondary N) is 1. The van der Waals surface area contributed by atoms with Gasteiger partial charge in [0.1, 0.15) is 12.4 Å². The van der Waals surface area contributed by atoms with Crippen molar-refractivity contribution in [3.63, 3.8) is 0 Å². The van der Waals surface area contributed by atoms with Crippen molar-refractivity contribution in [2.75, 3.05) is 0 Å². The van der Waals surface area contributed by atoms with Crippen molar-refractivity contribution in [1.82, 2.24) is 25.2 Å². The van der Waals surface area contributed by atoms with Gasteiger partial charge in [0.15, 0.2) is 6.33 Å². The molecule has 16 heavy (non-hydrogen) atoms. The van der Waals surface area contributed by atoms with Crippen LogP contribution in [0.5, 0.6) is 0 Å². The van der Waals surface area contributed by atoms with Gasteiger partial charge < -0.3 is 12.4 Å². The largest absolute Gasteiger partial charge is 1.00 e. The highest BCUT2D eigenvalue weighted by Gasteiger charge is 1.96. The van der Waals surface area contributed by atoms with Gasteiger partial charge in [0.2, 0.25) is 6.33 Å². The van der Waals surface area contributed by atoms with Gasteiger partial charge in [0, 0.05) is 0 Å². The van der Waals surface area contributed by atoms with Gasteiger partial charge in [-0.2, -0.15) is 5.21 Å². The predicted octanol–water partition coefficient (Wildman–Crippen LogP) is -2.68. The van der Waals surface area contributed by atoms with E-state index in [1.807, 2.05) is 7.05 Å². The molecule has 0 aromatic carbocycles. The maximum absolute atomic E-state index is 3.38. The molecule has 0 aliphatic heterocycles. The number of nitrogens with zero attached hydrogens (tertiary/aromatic N) is 5. The molecule has 0 saturated carbocycles. The van der Waals surface area contributed by atoms with E-state index in [1.54, 1.807) is 0 Å². The van der Waals surface area contributed by atoms with E-state index in [0.717, 1.165) is 6.54 Å². The van der Waals surface area contributed by atoms with Crippen LogP contribution in [-0.2, 0) is 13.6 Å². The number of aryl methyl sites for hydroxylation is 2. The Morgan fingerprint density at radius 1 is 1.44 bits per heavy atom. The maximum Gasteiger partial charge on any atom is 0.243 e. The number of halogens is 1. The average Bonchev–Trinajstić information content (AvgIpc) is 2.88. The zero-order valence-corrected chi connectivity index (χ0v) is 10.3. The van der Waals surface area contributed by atoms with Crippen LogP contribution in [0.4, 0.5) is 0 Å². The molecule has 0 radical (unpaired) electrons. The molecule has 6 nitrogen and oxygen atoms in total. The van der Waals surface area contributed by atoms with Gasteiger partial charge >= 0.3 is 0 Å². The molecule has 0 aliphatic carbocycles. The number of rotatable bonds is 3. The molecular formula is C9H17ClN6. The second-order valence-corrected chi connectivity index (χ2v) is 3.23. The van der Waals surface area contributed by atoms with Crippen molar-refractivity contribution in [2.45, 2.75) is 26.3 Å². The van der Waals surface area contributed by atoms with Gasteiger partial charge in [-0.1, -0.05) is 18.6 Å². The Hall–Kier alpha value is -1.43. The molecule has 7 heteroatoms. The Kier molecular flexibility index (Phi) is 8.05. The molecule has 2 aromatic heterocycles. The Morgan fingerprint density at radius 3 is 2.62 bits per heavy atom. The summed E-state index contributed by atoms with van der Waals surface area (Å²) >= 11 is 0. The number of H-pyrrole nitrogens is 1. The van der Waals surface area contributed by atoms with Crippen molar-refractivity contribution in [1.29, 1.82) is 0 Å². The van der Waals surface area contributed by atoms with Crippen LogP contribution >= 0.6 is 0 Å². The summed E-state index contributed by atoms with van der Waals surface area (Å²) in [5.41, 5.74) is 0. The fraction of sp³-hybridized carbons (Fsp3) is 0.556. The van der Waals surface area contributed by atoms with E-state index >= 15 is 0 Å². The molecule has 0 saturated heterocycles. The summed E-state index contributed by atoms with van der Waals surface area (Å²) in [4.78, 5) is 0. The van der Waals surface area contributed by atoms with E-state index in [1.165, 1.54) is 19.2 Å². The van der Waals surface area contributed by atoms with Gasteiger partial charge in [-0.15, -0.1) is 10.2 Å². The molecule has 0 spiro atoms. The number of hydrogen-bond acceptors (Lipinski definition) is 3. The van der Waals surface area contributed by atoms with E-state index in [0.29, 0.717) is 0 Å². The third-order valence-corrected chi connectivity index (χ3v) is 1.86. The van der Waals surface area contributed by atoms with Gasteiger partial charge in [-0.3, -0.25) is 0 Å². The van der Waals surface area contributed by atoms with Crippen molar-refractivity contribution in [3.8, 4) is 0 Å². The summed E-state index contributed by atoms with van der Waals surface area (Å²) in [5, 5.41) is 12.2. The third kappa shape index (κ3) is 6.13. The SMILES string of the molecule is CCCC[n+]1ccn(C)c1.[Cl-].c1nn[nH]n1. The van der Waals surface area contributed by atoms with Crippen molar-refractivity contribution < 1.29 is 17.0 Å². The van der Waals surface area contributed by atoms with E-state index in [-0.39, 0.29) is 12.4 Å². The Morgan fingerprint density at radius 2 is 2.25 bits per heavy atom. The first-order chi connectivity index (χ1) is 7.33.